The van der Waals surface area contributed by atoms with Gasteiger partial charge in [0.1, 0.15) is 5.75 Å². The van der Waals surface area contributed by atoms with Crippen LogP contribution in [0.4, 0.5) is 0 Å². The van der Waals surface area contributed by atoms with Gasteiger partial charge in [-0.3, -0.25) is 9.59 Å². The van der Waals surface area contributed by atoms with Gasteiger partial charge in [-0.15, -0.1) is 0 Å². The topological polar surface area (TPSA) is 100 Å². The molecular formula is C20H22BrN3O5. The van der Waals surface area contributed by atoms with Crippen molar-refractivity contribution in [2.24, 2.45) is 5.10 Å². The van der Waals surface area contributed by atoms with Crippen molar-refractivity contribution in [1.82, 2.24) is 10.3 Å². The van der Waals surface area contributed by atoms with Gasteiger partial charge in [0, 0.05) is 14.1 Å². The molecule has 0 radical (unpaired) electrons. The van der Waals surface area contributed by atoms with Crippen molar-refractivity contribution in [3.05, 3.63) is 52.0 Å². The molecular weight excluding hydrogens is 442 g/mol. The van der Waals surface area contributed by atoms with Gasteiger partial charge >= 0.3 is 0 Å². The summed E-state index contributed by atoms with van der Waals surface area (Å²) in [6.07, 6.45) is 1.43. The lowest BCUT2D eigenvalue weighted by Crippen LogP contribution is -2.27. The summed E-state index contributed by atoms with van der Waals surface area (Å²) in [4.78, 5) is 25.3. The molecule has 0 bridgehead atoms. The van der Waals surface area contributed by atoms with Gasteiger partial charge in [-0.25, -0.2) is 5.43 Å². The number of carbonyl (C=O) groups is 2. The number of phenols is 1. The molecule has 9 heteroatoms. The number of hydrazone groups is 1. The van der Waals surface area contributed by atoms with Gasteiger partial charge in [0.05, 0.1) is 22.9 Å². The molecule has 2 rings (SSSR count). The molecule has 2 aromatic rings. The molecule has 0 fully saturated rings. The standard InChI is InChI=1S/C20H22BrN3O5/c1-4-28-17-10-13(9-15(21)19(17)29-12-18(26)24(2)3)11-22-23-20(27)14-7-5-6-8-16(14)25/h5-11,25H,4,12H2,1-3H3,(H,23,27)/b22-11+. The maximum absolute atomic E-state index is 12.1. The van der Waals surface area contributed by atoms with Crippen molar-refractivity contribution in [1.29, 1.82) is 0 Å². The molecule has 0 heterocycles. The molecule has 2 N–H and O–H groups in total. The van der Waals surface area contributed by atoms with E-state index in [1.807, 2.05) is 6.92 Å². The van der Waals surface area contributed by atoms with E-state index in [2.05, 4.69) is 26.5 Å². The number of amides is 2. The van der Waals surface area contributed by atoms with E-state index in [4.69, 9.17) is 9.47 Å². The Morgan fingerprint density at radius 2 is 1.97 bits per heavy atom. The van der Waals surface area contributed by atoms with Crippen LogP contribution in [0.3, 0.4) is 0 Å². The van der Waals surface area contributed by atoms with Gasteiger partial charge in [0.15, 0.2) is 18.1 Å². The van der Waals surface area contributed by atoms with E-state index in [1.165, 1.54) is 23.2 Å². The minimum absolute atomic E-state index is 0.121. The Balaban J connectivity index is 2.14. The average Bonchev–Trinajstić information content (AvgIpc) is 2.67. The number of rotatable bonds is 8. The van der Waals surface area contributed by atoms with Gasteiger partial charge in [0.2, 0.25) is 0 Å². The third-order valence-corrected chi connectivity index (χ3v) is 4.29. The van der Waals surface area contributed by atoms with Gasteiger partial charge in [0.25, 0.3) is 11.8 Å². The van der Waals surface area contributed by atoms with Crippen LogP contribution in [0.2, 0.25) is 0 Å². The molecule has 0 spiro atoms. The molecule has 0 atom stereocenters. The van der Waals surface area contributed by atoms with E-state index in [1.54, 1.807) is 38.4 Å². The highest BCUT2D eigenvalue weighted by Crippen LogP contribution is 2.36. The second kappa shape index (κ2) is 10.5. The van der Waals surface area contributed by atoms with Crippen molar-refractivity contribution in [3.63, 3.8) is 0 Å². The summed E-state index contributed by atoms with van der Waals surface area (Å²) in [5.74, 6) is -0.0165. The van der Waals surface area contributed by atoms with Gasteiger partial charge in [-0.05, 0) is 52.7 Å². The molecule has 0 aromatic heterocycles. The predicted octanol–water partition coefficient (Wildman–Crippen LogP) is 2.78. The lowest BCUT2D eigenvalue weighted by Gasteiger charge is -2.16. The molecule has 0 unspecified atom stereocenters. The van der Waals surface area contributed by atoms with E-state index in [0.717, 1.165) is 0 Å². The van der Waals surface area contributed by atoms with Crippen LogP contribution in [0, 0.1) is 0 Å². The summed E-state index contributed by atoms with van der Waals surface area (Å²) < 4.78 is 11.8. The fourth-order valence-electron chi connectivity index (χ4n) is 2.22. The molecule has 0 aliphatic rings. The maximum atomic E-state index is 12.1. The normalized spacial score (nSPS) is 10.6. The highest BCUT2D eigenvalue weighted by Gasteiger charge is 2.15. The van der Waals surface area contributed by atoms with E-state index >= 15 is 0 Å². The number of likely N-dealkylation sites (N-methyl/N-ethyl adjacent to an activating group) is 1. The number of ether oxygens (including phenoxy) is 2. The number of nitrogens with one attached hydrogen (secondary N) is 1. The number of carbonyl (C=O) groups excluding carboxylic acids is 2. The zero-order valence-electron chi connectivity index (χ0n) is 16.3. The Labute approximate surface area is 177 Å². The fraction of sp³-hybridized carbons (Fsp3) is 0.250. The quantitative estimate of drug-likeness (QED) is 0.462. The van der Waals surface area contributed by atoms with Crippen LogP contribution < -0.4 is 14.9 Å². The number of hydrogen-bond acceptors (Lipinski definition) is 6. The summed E-state index contributed by atoms with van der Waals surface area (Å²) in [6.45, 7) is 2.10. The van der Waals surface area contributed by atoms with E-state index < -0.39 is 5.91 Å². The second-order valence-electron chi connectivity index (χ2n) is 6.06. The summed E-state index contributed by atoms with van der Waals surface area (Å²) in [6, 6.07) is 9.57. The number of hydrogen-bond donors (Lipinski definition) is 2. The third kappa shape index (κ3) is 6.21. The van der Waals surface area contributed by atoms with E-state index in [-0.39, 0.29) is 23.8 Å². The summed E-state index contributed by atoms with van der Waals surface area (Å²) in [5.41, 5.74) is 3.11. The van der Waals surface area contributed by atoms with Crippen LogP contribution in [0.15, 0.2) is 46.0 Å². The van der Waals surface area contributed by atoms with Crippen LogP contribution in [-0.2, 0) is 4.79 Å². The molecule has 2 amide bonds. The largest absolute Gasteiger partial charge is 0.507 e. The highest BCUT2D eigenvalue weighted by molar-refractivity contribution is 9.10. The Morgan fingerprint density at radius 3 is 2.62 bits per heavy atom. The Bertz CT molecular complexity index is 915. The fourth-order valence-corrected chi connectivity index (χ4v) is 2.79. The van der Waals surface area contributed by atoms with Gasteiger partial charge in [-0.1, -0.05) is 12.1 Å². The van der Waals surface area contributed by atoms with Crippen molar-refractivity contribution >= 4 is 34.0 Å². The predicted molar refractivity (Wildman–Crippen MR) is 113 cm³/mol. The van der Waals surface area contributed by atoms with E-state index in [9.17, 15) is 14.7 Å². The average molecular weight is 464 g/mol. The first-order valence-electron chi connectivity index (χ1n) is 8.74. The SMILES string of the molecule is CCOc1cc(/C=N/NC(=O)c2ccccc2O)cc(Br)c1OCC(=O)N(C)C. The smallest absolute Gasteiger partial charge is 0.275 e. The van der Waals surface area contributed by atoms with Crippen LogP contribution in [-0.4, -0.2) is 55.3 Å². The summed E-state index contributed by atoms with van der Waals surface area (Å²) >= 11 is 3.41. The summed E-state index contributed by atoms with van der Waals surface area (Å²) in [7, 11) is 3.29. The maximum Gasteiger partial charge on any atom is 0.275 e. The summed E-state index contributed by atoms with van der Waals surface area (Å²) in [5, 5.41) is 13.6. The Morgan fingerprint density at radius 1 is 1.24 bits per heavy atom. The van der Waals surface area contributed by atoms with Crippen molar-refractivity contribution in [2.45, 2.75) is 6.92 Å². The number of para-hydroxylation sites is 1. The molecule has 0 saturated heterocycles. The number of nitrogens with zero attached hydrogens (tertiary/aromatic N) is 2. The second-order valence-corrected chi connectivity index (χ2v) is 6.91. The first-order chi connectivity index (χ1) is 13.8. The lowest BCUT2D eigenvalue weighted by molar-refractivity contribution is -0.130. The Hall–Kier alpha value is -3.07. The van der Waals surface area contributed by atoms with Crippen LogP contribution >= 0.6 is 15.9 Å². The molecule has 0 aliphatic heterocycles. The third-order valence-electron chi connectivity index (χ3n) is 3.70. The highest BCUT2D eigenvalue weighted by atomic mass is 79.9. The Kier molecular flexibility index (Phi) is 8.02. The van der Waals surface area contributed by atoms with E-state index in [0.29, 0.717) is 28.1 Å². The number of halogens is 1. The monoisotopic (exact) mass is 463 g/mol. The minimum Gasteiger partial charge on any atom is -0.507 e. The number of phenolic OH excluding ortho intramolecular Hbond substituents is 1. The molecule has 0 aliphatic carbocycles. The van der Waals surface area contributed by atoms with Crippen LogP contribution in [0.5, 0.6) is 17.2 Å². The number of aromatic hydroxyl groups is 1. The van der Waals surface area contributed by atoms with Crippen molar-refractivity contribution < 1.29 is 24.2 Å². The van der Waals surface area contributed by atoms with Crippen molar-refractivity contribution in [2.75, 3.05) is 27.3 Å². The minimum atomic E-state index is -0.536. The zero-order chi connectivity index (χ0) is 21.4. The zero-order valence-corrected chi connectivity index (χ0v) is 17.9. The lowest BCUT2D eigenvalue weighted by atomic mass is 10.2. The molecule has 154 valence electrons. The molecule has 29 heavy (non-hydrogen) atoms. The first kappa shape index (κ1) is 22.2. The number of benzene rings is 2. The first-order valence-corrected chi connectivity index (χ1v) is 9.53. The molecule has 8 nitrogen and oxygen atoms in total. The van der Waals surface area contributed by atoms with Crippen LogP contribution in [0.1, 0.15) is 22.8 Å². The van der Waals surface area contributed by atoms with Gasteiger partial charge in [-0.2, -0.15) is 5.10 Å². The molecule has 2 aromatic carbocycles. The molecule has 0 saturated carbocycles. The van der Waals surface area contributed by atoms with Crippen molar-refractivity contribution in [3.8, 4) is 17.2 Å². The van der Waals surface area contributed by atoms with Gasteiger partial charge < -0.3 is 19.5 Å². The van der Waals surface area contributed by atoms with Crippen LogP contribution in [0.25, 0.3) is 0 Å².